The summed E-state index contributed by atoms with van der Waals surface area (Å²) in [6.07, 6.45) is 6.84. The van der Waals surface area contributed by atoms with Crippen molar-refractivity contribution in [2.75, 3.05) is 13.2 Å². The highest BCUT2D eigenvalue weighted by molar-refractivity contribution is 5.30. The molecular formula is C14H21NO2. The molecule has 0 aromatic carbocycles. The summed E-state index contributed by atoms with van der Waals surface area (Å²) >= 11 is 0. The maximum Gasteiger partial charge on any atom is 0.108 e. The number of nitrogens with one attached hydrogen (secondary N) is 1. The normalized spacial score (nSPS) is 17.4. The van der Waals surface area contributed by atoms with Crippen molar-refractivity contribution in [1.82, 2.24) is 5.32 Å². The van der Waals surface area contributed by atoms with Gasteiger partial charge in [-0.2, -0.15) is 0 Å². The molecule has 0 radical (unpaired) electrons. The maximum absolute atomic E-state index is 5.52. The van der Waals surface area contributed by atoms with Gasteiger partial charge in [0.25, 0.3) is 0 Å². The SMILES string of the molecule is CCNC(C1=COCCC1)c1ccoc1CC. The van der Waals surface area contributed by atoms with E-state index in [1.165, 1.54) is 11.1 Å². The summed E-state index contributed by atoms with van der Waals surface area (Å²) in [5, 5.41) is 3.52. The first-order valence-electron chi connectivity index (χ1n) is 6.47. The van der Waals surface area contributed by atoms with E-state index in [1.807, 2.05) is 6.26 Å². The van der Waals surface area contributed by atoms with Gasteiger partial charge in [0.05, 0.1) is 25.2 Å². The molecule has 2 heterocycles. The summed E-state index contributed by atoms with van der Waals surface area (Å²) in [5.74, 6) is 1.07. The average molecular weight is 235 g/mol. The van der Waals surface area contributed by atoms with Crippen LogP contribution in [0.2, 0.25) is 0 Å². The van der Waals surface area contributed by atoms with E-state index in [-0.39, 0.29) is 6.04 Å². The summed E-state index contributed by atoms with van der Waals surface area (Å²) in [6.45, 7) is 6.03. The lowest BCUT2D eigenvalue weighted by Gasteiger charge is -2.24. The molecule has 3 nitrogen and oxygen atoms in total. The van der Waals surface area contributed by atoms with Gasteiger partial charge >= 0.3 is 0 Å². The van der Waals surface area contributed by atoms with Gasteiger partial charge < -0.3 is 14.5 Å². The van der Waals surface area contributed by atoms with Crippen molar-refractivity contribution in [2.45, 2.75) is 39.2 Å². The zero-order valence-corrected chi connectivity index (χ0v) is 10.7. The molecule has 1 atom stereocenters. The Morgan fingerprint density at radius 1 is 1.41 bits per heavy atom. The molecule has 3 heteroatoms. The van der Waals surface area contributed by atoms with Crippen LogP contribution < -0.4 is 5.32 Å². The Balaban J connectivity index is 2.24. The number of likely N-dealkylation sites (N-methyl/N-ethyl adjacent to an activating group) is 1. The summed E-state index contributed by atoms with van der Waals surface area (Å²) in [4.78, 5) is 0. The van der Waals surface area contributed by atoms with E-state index in [9.17, 15) is 0 Å². The molecule has 1 unspecified atom stereocenters. The van der Waals surface area contributed by atoms with Gasteiger partial charge in [-0.05, 0) is 31.0 Å². The molecule has 17 heavy (non-hydrogen) atoms. The van der Waals surface area contributed by atoms with E-state index in [1.54, 1.807) is 6.26 Å². The molecule has 0 amide bonds. The number of rotatable bonds is 5. The fraction of sp³-hybridized carbons (Fsp3) is 0.571. The van der Waals surface area contributed by atoms with Crippen molar-refractivity contribution in [3.8, 4) is 0 Å². The van der Waals surface area contributed by atoms with Gasteiger partial charge in [-0.3, -0.25) is 0 Å². The lowest BCUT2D eigenvalue weighted by molar-refractivity contribution is 0.219. The third-order valence-electron chi connectivity index (χ3n) is 3.15. The molecule has 0 saturated carbocycles. The minimum atomic E-state index is 0.244. The fourth-order valence-corrected chi connectivity index (χ4v) is 2.34. The van der Waals surface area contributed by atoms with Crippen LogP contribution in [0.15, 0.2) is 28.6 Å². The maximum atomic E-state index is 5.52. The van der Waals surface area contributed by atoms with E-state index in [4.69, 9.17) is 9.15 Å². The fourth-order valence-electron chi connectivity index (χ4n) is 2.34. The first-order chi connectivity index (χ1) is 8.36. The third kappa shape index (κ3) is 2.72. The third-order valence-corrected chi connectivity index (χ3v) is 3.15. The minimum Gasteiger partial charge on any atom is -0.501 e. The summed E-state index contributed by atoms with van der Waals surface area (Å²) in [7, 11) is 0. The van der Waals surface area contributed by atoms with Gasteiger partial charge in [-0.1, -0.05) is 13.8 Å². The van der Waals surface area contributed by atoms with Gasteiger partial charge in [0.15, 0.2) is 0 Å². The Labute approximate surface area is 103 Å². The van der Waals surface area contributed by atoms with E-state index in [0.717, 1.165) is 38.2 Å². The highest BCUT2D eigenvalue weighted by Crippen LogP contribution is 2.30. The van der Waals surface area contributed by atoms with E-state index >= 15 is 0 Å². The number of hydrogen-bond acceptors (Lipinski definition) is 3. The van der Waals surface area contributed by atoms with E-state index in [2.05, 4.69) is 25.2 Å². The highest BCUT2D eigenvalue weighted by atomic mass is 16.5. The summed E-state index contributed by atoms with van der Waals surface area (Å²) in [6, 6.07) is 2.32. The number of ether oxygens (including phenoxy) is 1. The second-order valence-corrected chi connectivity index (χ2v) is 4.31. The molecular weight excluding hydrogens is 214 g/mol. The van der Waals surface area contributed by atoms with Crippen LogP contribution in [0.3, 0.4) is 0 Å². The van der Waals surface area contributed by atoms with Crippen molar-refractivity contribution in [3.05, 3.63) is 35.5 Å². The number of aryl methyl sites for hydroxylation is 1. The van der Waals surface area contributed by atoms with Crippen LogP contribution in [-0.2, 0) is 11.2 Å². The molecule has 94 valence electrons. The van der Waals surface area contributed by atoms with Crippen LogP contribution in [0.4, 0.5) is 0 Å². The van der Waals surface area contributed by atoms with Crippen LogP contribution in [0.25, 0.3) is 0 Å². The molecule has 0 fully saturated rings. The Bertz CT molecular complexity index is 381. The van der Waals surface area contributed by atoms with E-state index < -0.39 is 0 Å². The first kappa shape index (κ1) is 12.2. The molecule has 0 bridgehead atoms. The van der Waals surface area contributed by atoms with Crippen molar-refractivity contribution < 1.29 is 9.15 Å². The molecule has 1 aliphatic rings. The second-order valence-electron chi connectivity index (χ2n) is 4.31. The molecule has 1 aromatic rings. The number of furan rings is 1. The largest absolute Gasteiger partial charge is 0.501 e. The van der Waals surface area contributed by atoms with Crippen LogP contribution in [0, 0.1) is 0 Å². The lowest BCUT2D eigenvalue weighted by atomic mass is 9.95. The Morgan fingerprint density at radius 2 is 2.29 bits per heavy atom. The van der Waals surface area contributed by atoms with Gasteiger partial charge in [0, 0.05) is 12.0 Å². The highest BCUT2D eigenvalue weighted by Gasteiger charge is 2.21. The zero-order valence-electron chi connectivity index (χ0n) is 10.7. The average Bonchev–Trinajstić information content (AvgIpc) is 2.85. The lowest BCUT2D eigenvalue weighted by Crippen LogP contribution is -2.24. The molecule has 0 aliphatic carbocycles. The molecule has 1 aliphatic heterocycles. The van der Waals surface area contributed by atoms with Crippen LogP contribution in [0.1, 0.15) is 44.1 Å². The predicted molar refractivity (Wildman–Crippen MR) is 67.8 cm³/mol. The zero-order chi connectivity index (χ0) is 12.1. The molecule has 2 rings (SSSR count). The monoisotopic (exact) mass is 235 g/mol. The van der Waals surface area contributed by atoms with Crippen molar-refractivity contribution in [3.63, 3.8) is 0 Å². The van der Waals surface area contributed by atoms with Crippen LogP contribution in [-0.4, -0.2) is 13.2 Å². The standard InChI is InChI=1S/C14H21NO2/c1-3-13-12(7-9-17-13)14(15-4-2)11-6-5-8-16-10-11/h7,9-10,14-15H,3-6,8H2,1-2H3. The van der Waals surface area contributed by atoms with Crippen molar-refractivity contribution >= 4 is 0 Å². The quantitative estimate of drug-likeness (QED) is 0.851. The van der Waals surface area contributed by atoms with Gasteiger partial charge in [0.1, 0.15) is 5.76 Å². The molecule has 0 saturated heterocycles. The topological polar surface area (TPSA) is 34.4 Å². The Morgan fingerprint density at radius 3 is 2.94 bits per heavy atom. The predicted octanol–water partition coefficient (Wildman–Crippen LogP) is 3.19. The van der Waals surface area contributed by atoms with Gasteiger partial charge in [-0.15, -0.1) is 0 Å². The number of hydrogen-bond donors (Lipinski definition) is 1. The van der Waals surface area contributed by atoms with E-state index in [0.29, 0.717) is 0 Å². The molecule has 1 N–H and O–H groups in total. The van der Waals surface area contributed by atoms with Gasteiger partial charge in [-0.25, -0.2) is 0 Å². The Hall–Kier alpha value is -1.22. The van der Waals surface area contributed by atoms with Crippen LogP contribution >= 0.6 is 0 Å². The summed E-state index contributed by atoms with van der Waals surface area (Å²) < 4.78 is 11.0. The molecule has 0 spiro atoms. The van der Waals surface area contributed by atoms with Crippen molar-refractivity contribution in [2.24, 2.45) is 0 Å². The van der Waals surface area contributed by atoms with Gasteiger partial charge in [0.2, 0.25) is 0 Å². The van der Waals surface area contributed by atoms with Crippen LogP contribution in [0.5, 0.6) is 0 Å². The minimum absolute atomic E-state index is 0.244. The second kappa shape index (κ2) is 5.92. The Kier molecular flexibility index (Phi) is 4.26. The smallest absolute Gasteiger partial charge is 0.108 e. The first-order valence-corrected chi connectivity index (χ1v) is 6.47. The molecule has 1 aromatic heterocycles. The van der Waals surface area contributed by atoms with Crippen molar-refractivity contribution in [1.29, 1.82) is 0 Å². The summed E-state index contributed by atoms with van der Waals surface area (Å²) in [5.41, 5.74) is 2.58.